The fourth-order valence-electron chi connectivity index (χ4n) is 1.34. The summed E-state index contributed by atoms with van der Waals surface area (Å²) in [6.45, 7) is 0. The van der Waals surface area contributed by atoms with Gasteiger partial charge in [0.25, 0.3) is 0 Å². The summed E-state index contributed by atoms with van der Waals surface area (Å²) in [5, 5.41) is 0. The molecule has 1 heterocycles. The molecule has 0 fully saturated rings. The van der Waals surface area contributed by atoms with Crippen molar-refractivity contribution < 1.29 is 13.6 Å². The van der Waals surface area contributed by atoms with E-state index in [4.69, 9.17) is 4.42 Å². The van der Waals surface area contributed by atoms with Gasteiger partial charge in [-0.15, -0.1) is 0 Å². The molecular formula is C12H9FO2. The van der Waals surface area contributed by atoms with E-state index >= 15 is 0 Å². The highest BCUT2D eigenvalue weighted by Gasteiger charge is 2.04. The molecule has 0 N–H and O–H groups in total. The van der Waals surface area contributed by atoms with E-state index in [-0.39, 0.29) is 12.2 Å². The highest BCUT2D eigenvalue weighted by atomic mass is 19.1. The lowest BCUT2D eigenvalue weighted by Crippen LogP contribution is -1.79. The lowest BCUT2D eigenvalue weighted by molar-refractivity contribution is -0.107. The van der Waals surface area contributed by atoms with E-state index in [0.29, 0.717) is 11.5 Å². The fraction of sp³-hybridized carbons (Fsp3) is 0.0833. The van der Waals surface area contributed by atoms with E-state index in [1.165, 1.54) is 12.1 Å². The average Bonchev–Trinajstić information content (AvgIpc) is 2.68. The van der Waals surface area contributed by atoms with Crippen LogP contribution in [0, 0.1) is 5.82 Å². The van der Waals surface area contributed by atoms with Crippen LogP contribution in [-0.2, 0) is 11.2 Å². The molecule has 0 saturated heterocycles. The summed E-state index contributed by atoms with van der Waals surface area (Å²) >= 11 is 0. The number of furan rings is 1. The van der Waals surface area contributed by atoms with Crippen LogP contribution in [0.1, 0.15) is 5.76 Å². The minimum atomic E-state index is -0.279. The van der Waals surface area contributed by atoms with Gasteiger partial charge in [-0.2, -0.15) is 0 Å². The first kappa shape index (κ1) is 9.65. The zero-order valence-corrected chi connectivity index (χ0v) is 7.94. The number of hydrogen-bond donors (Lipinski definition) is 0. The van der Waals surface area contributed by atoms with Crippen molar-refractivity contribution >= 4 is 6.29 Å². The molecule has 0 spiro atoms. The van der Waals surface area contributed by atoms with Crippen LogP contribution in [0.4, 0.5) is 4.39 Å². The average molecular weight is 204 g/mol. The third-order valence-electron chi connectivity index (χ3n) is 2.07. The maximum atomic E-state index is 12.7. The second-order valence-electron chi connectivity index (χ2n) is 3.14. The molecule has 0 bridgehead atoms. The van der Waals surface area contributed by atoms with Crippen molar-refractivity contribution in [1.29, 1.82) is 0 Å². The molecule has 0 aliphatic heterocycles. The number of hydrogen-bond acceptors (Lipinski definition) is 2. The predicted molar refractivity (Wildman–Crippen MR) is 53.9 cm³/mol. The van der Waals surface area contributed by atoms with E-state index in [2.05, 4.69) is 0 Å². The molecular weight excluding hydrogens is 195 g/mol. The van der Waals surface area contributed by atoms with Crippen LogP contribution in [0.3, 0.4) is 0 Å². The molecule has 0 unspecified atom stereocenters. The van der Waals surface area contributed by atoms with Crippen LogP contribution in [0.25, 0.3) is 11.3 Å². The molecule has 0 radical (unpaired) electrons. The van der Waals surface area contributed by atoms with Gasteiger partial charge in [-0.3, -0.25) is 0 Å². The normalized spacial score (nSPS) is 10.2. The highest BCUT2D eigenvalue weighted by Crippen LogP contribution is 2.22. The van der Waals surface area contributed by atoms with E-state index in [1.54, 1.807) is 24.3 Å². The SMILES string of the molecule is O=CCc1ccc(-c2ccc(F)cc2)o1. The summed E-state index contributed by atoms with van der Waals surface area (Å²) in [6.07, 6.45) is 1.05. The predicted octanol–water partition coefficient (Wildman–Crippen LogP) is 2.83. The lowest BCUT2D eigenvalue weighted by atomic mass is 10.2. The van der Waals surface area contributed by atoms with Gasteiger partial charge >= 0.3 is 0 Å². The number of carbonyl (C=O) groups excluding carboxylic acids is 1. The standard InChI is InChI=1S/C12H9FO2/c13-10-3-1-9(2-4-10)12-6-5-11(15-12)7-8-14/h1-6,8H,7H2. The van der Waals surface area contributed by atoms with Gasteiger partial charge in [0.15, 0.2) is 0 Å². The Bertz CT molecular complexity index is 457. The van der Waals surface area contributed by atoms with E-state index in [0.717, 1.165) is 11.8 Å². The Balaban J connectivity index is 2.28. The van der Waals surface area contributed by atoms with E-state index in [1.807, 2.05) is 0 Å². The molecule has 1 aromatic heterocycles. The summed E-state index contributed by atoms with van der Waals surface area (Å²) < 4.78 is 18.0. The Morgan fingerprint density at radius 3 is 2.53 bits per heavy atom. The number of rotatable bonds is 3. The Morgan fingerprint density at radius 2 is 1.87 bits per heavy atom. The quantitative estimate of drug-likeness (QED) is 0.719. The molecule has 3 heteroatoms. The topological polar surface area (TPSA) is 30.2 Å². The number of carbonyl (C=O) groups is 1. The largest absolute Gasteiger partial charge is 0.461 e. The number of aldehydes is 1. The number of benzene rings is 1. The number of halogens is 1. The molecule has 0 saturated carbocycles. The fourth-order valence-corrected chi connectivity index (χ4v) is 1.34. The molecule has 76 valence electrons. The molecule has 2 nitrogen and oxygen atoms in total. The van der Waals surface area contributed by atoms with E-state index < -0.39 is 0 Å². The summed E-state index contributed by atoms with van der Waals surface area (Å²) in [5.74, 6) is 0.981. The first-order valence-electron chi connectivity index (χ1n) is 4.58. The van der Waals surface area contributed by atoms with Gasteiger partial charge in [-0.05, 0) is 36.4 Å². The Morgan fingerprint density at radius 1 is 1.13 bits per heavy atom. The highest BCUT2D eigenvalue weighted by molar-refractivity contribution is 5.59. The minimum Gasteiger partial charge on any atom is -0.461 e. The monoisotopic (exact) mass is 204 g/mol. The van der Waals surface area contributed by atoms with Crippen LogP contribution in [0.5, 0.6) is 0 Å². The Hall–Kier alpha value is -1.90. The van der Waals surface area contributed by atoms with Crippen molar-refractivity contribution in [3.8, 4) is 11.3 Å². The molecule has 0 amide bonds. The van der Waals surface area contributed by atoms with Crippen molar-refractivity contribution in [1.82, 2.24) is 0 Å². The van der Waals surface area contributed by atoms with Crippen LogP contribution in [0.15, 0.2) is 40.8 Å². The summed E-state index contributed by atoms with van der Waals surface area (Å²) in [5.41, 5.74) is 0.800. The van der Waals surface area contributed by atoms with Gasteiger partial charge in [0.1, 0.15) is 23.6 Å². The molecule has 0 atom stereocenters. The third-order valence-corrected chi connectivity index (χ3v) is 2.07. The van der Waals surface area contributed by atoms with Crippen LogP contribution in [0.2, 0.25) is 0 Å². The van der Waals surface area contributed by atoms with Crippen molar-refractivity contribution in [3.05, 3.63) is 48.0 Å². The summed E-state index contributed by atoms with van der Waals surface area (Å²) in [6, 6.07) is 9.53. The first-order valence-corrected chi connectivity index (χ1v) is 4.58. The van der Waals surface area contributed by atoms with Gasteiger partial charge in [0.2, 0.25) is 0 Å². The molecule has 2 aromatic rings. The zero-order valence-electron chi connectivity index (χ0n) is 7.94. The molecule has 1 aromatic carbocycles. The molecule has 0 aliphatic carbocycles. The zero-order chi connectivity index (χ0) is 10.7. The van der Waals surface area contributed by atoms with Gasteiger partial charge in [0, 0.05) is 5.56 Å². The lowest BCUT2D eigenvalue weighted by Gasteiger charge is -1.95. The second kappa shape index (κ2) is 4.09. The van der Waals surface area contributed by atoms with Gasteiger partial charge in [0.05, 0.1) is 6.42 Å². The van der Waals surface area contributed by atoms with Gasteiger partial charge in [-0.1, -0.05) is 0 Å². The molecule has 15 heavy (non-hydrogen) atoms. The Kier molecular flexibility index (Phi) is 2.63. The van der Waals surface area contributed by atoms with E-state index in [9.17, 15) is 9.18 Å². The van der Waals surface area contributed by atoms with Crippen molar-refractivity contribution in [2.45, 2.75) is 6.42 Å². The smallest absolute Gasteiger partial charge is 0.134 e. The minimum absolute atomic E-state index is 0.265. The van der Waals surface area contributed by atoms with Gasteiger partial charge < -0.3 is 9.21 Å². The van der Waals surface area contributed by atoms with Crippen molar-refractivity contribution in [3.63, 3.8) is 0 Å². The van der Waals surface area contributed by atoms with Crippen LogP contribution < -0.4 is 0 Å². The molecule has 0 aliphatic rings. The maximum Gasteiger partial charge on any atom is 0.134 e. The second-order valence-corrected chi connectivity index (χ2v) is 3.14. The Labute approximate surface area is 86.3 Å². The van der Waals surface area contributed by atoms with Crippen molar-refractivity contribution in [2.75, 3.05) is 0 Å². The maximum absolute atomic E-state index is 12.7. The summed E-state index contributed by atoms with van der Waals surface area (Å²) in [4.78, 5) is 10.3. The first-order chi connectivity index (χ1) is 7.29. The van der Waals surface area contributed by atoms with Crippen LogP contribution in [-0.4, -0.2) is 6.29 Å². The van der Waals surface area contributed by atoms with Crippen molar-refractivity contribution in [2.24, 2.45) is 0 Å². The van der Waals surface area contributed by atoms with Crippen LogP contribution >= 0.6 is 0 Å². The van der Waals surface area contributed by atoms with Gasteiger partial charge in [-0.25, -0.2) is 4.39 Å². The molecule has 2 rings (SSSR count). The third kappa shape index (κ3) is 2.13. The summed E-state index contributed by atoms with van der Waals surface area (Å²) in [7, 11) is 0.